The van der Waals surface area contributed by atoms with Crippen LogP contribution in [0, 0.1) is 0 Å². The standard InChI is InChI=1S/C12H19N3O2/c13-11(12(16)17)9-14-5-3-4-10(8-14)15-6-1-2-7-15/h1-2,6-7,10-11H,3-5,8-9,13H2,(H,16,17)/t10?,11-/m0/s1. The van der Waals surface area contributed by atoms with Crippen LogP contribution < -0.4 is 5.73 Å². The fourth-order valence-corrected chi connectivity index (χ4v) is 2.39. The van der Waals surface area contributed by atoms with Crippen molar-refractivity contribution in [2.45, 2.75) is 24.9 Å². The number of carbonyl (C=O) groups is 1. The zero-order chi connectivity index (χ0) is 12.3. The molecule has 0 amide bonds. The number of piperidine rings is 1. The SMILES string of the molecule is N[C@@H](CN1CCCC(n2cccc2)C1)C(=O)O. The average Bonchev–Trinajstić information content (AvgIpc) is 2.82. The van der Waals surface area contributed by atoms with Gasteiger partial charge in [-0.1, -0.05) is 0 Å². The first-order valence-electron chi connectivity index (χ1n) is 6.00. The molecule has 2 heterocycles. The Labute approximate surface area is 101 Å². The van der Waals surface area contributed by atoms with E-state index in [-0.39, 0.29) is 0 Å². The van der Waals surface area contributed by atoms with Gasteiger partial charge in [-0.3, -0.25) is 9.69 Å². The number of likely N-dealkylation sites (tertiary alicyclic amines) is 1. The third kappa shape index (κ3) is 3.08. The van der Waals surface area contributed by atoms with Gasteiger partial charge in [-0.2, -0.15) is 0 Å². The van der Waals surface area contributed by atoms with Crippen LogP contribution in [-0.2, 0) is 4.79 Å². The lowest BCUT2D eigenvalue weighted by atomic mass is 10.0. The minimum Gasteiger partial charge on any atom is -0.480 e. The second-order valence-electron chi connectivity index (χ2n) is 4.63. The number of carboxylic acids is 1. The van der Waals surface area contributed by atoms with Gasteiger partial charge >= 0.3 is 5.97 Å². The van der Waals surface area contributed by atoms with E-state index >= 15 is 0 Å². The van der Waals surface area contributed by atoms with Crippen molar-refractivity contribution < 1.29 is 9.90 Å². The number of hydrogen-bond donors (Lipinski definition) is 2. The quantitative estimate of drug-likeness (QED) is 0.801. The topological polar surface area (TPSA) is 71.5 Å². The minimum atomic E-state index is -0.923. The summed E-state index contributed by atoms with van der Waals surface area (Å²) in [6.45, 7) is 2.27. The fourth-order valence-electron chi connectivity index (χ4n) is 2.39. The van der Waals surface area contributed by atoms with E-state index in [4.69, 9.17) is 10.8 Å². The first kappa shape index (κ1) is 12.1. The predicted octanol–water partition coefficient (Wildman–Crippen LogP) is 0.537. The van der Waals surface area contributed by atoms with Crippen LogP contribution in [0.1, 0.15) is 18.9 Å². The summed E-state index contributed by atoms with van der Waals surface area (Å²) >= 11 is 0. The highest BCUT2D eigenvalue weighted by Crippen LogP contribution is 2.21. The Kier molecular flexibility index (Phi) is 3.81. The van der Waals surface area contributed by atoms with E-state index in [1.54, 1.807) is 0 Å². The predicted molar refractivity (Wildman–Crippen MR) is 64.8 cm³/mol. The van der Waals surface area contributed by atoms with Crippen molar-refractivity contribution in [3.63, 3.8) is 0 Å². The van der Waals surface area contributed by atoms with Crippen molar-refractivity contribution in [1.82, 2.24) is 9.47 Å². The number of nitrogens with zero attached hydrogens (tertiary/aromatic N) is 2. The van der Waals surface area contributed by atoms with E-state index in [9.17, 15) is 4.79 Å². The molecule has 0 aromatic carbocycles. The van der Waals surface area contributed by atoms with Gasteiger partial charge in [0.2, 0.25) is 0 Å². The molecule has 1 unspecified atom stereocenters. The van der Waals surface area contributed by atoms with E-state index < -0.39 is 12.0 Å². The summed E-state index contributed by atoms with van der Waals surface area (Å²) in [7, 11) is 0. The number of rotatable bonds is 4. The Morgan fingerprint density at radius 3 is 2.82 bits per heavy atom. The van der Waals surface area contributed by atoms with E-state index in [1.807, 2.05) is 12.1 Å². The maximum Gasteiger partial charge on any atom is 0.321 e. The van der Waals surface area contributed by atoms with Crippen LogP contribution in [0.15, 0.2) is 24.5 Å². The van der Waals surface area contributed by atoms with Crippen molar-refractivity contribution in [3.05, 3.63) is 24.5 Å². The van der Waals surface area contributed by atoms with E-state index in [1.165, 1.54) is 0 Å². The molecule has 1 aliphatic rings. The molecule has 0 radical (unpaired) electrons. The van der Waals surface area contributed by atoms with E-state index in [0.717, 1.165) is 25.9 Å². The van der Waals surface area contributed by atoms with E-state index in [2.05, 4.69) is 21.9 Å². The largest absolute Gasteiger partial charge is 0.480 e. The van der Waals surface area contributed by atoms with Gasteiger partial charge in [0.05, 0.1) is 0 Å². The summed E-state index contributed by atoms with van der Waals surface area (Å²) in [5.74, 6) is -0.923. The zero-order valence-corrected chi connectivity index (χ0v) is 9.83. The molecule has 2 atom stereocenters. The van der Waals surface area contributed by atoms with Gasteiger partial charge in [-0.25, -0.2) is 0 Å². The lowest BCUT2D eigenvalue weighted by molar-refractivity contribution is -0.139. The van der Waals surface area contributed by atoms with Gasteiger partial charge in [0, 0.05) is 31.5 Å². The first-order chi connectivity index (χ1) is 8.16. The number of carboxylic acid groups (broad SMARTS) is 1. The summed E-state index contributed by atoms with van der Waals surface area (Å²) in [5.41, 5.74) is 5.56. The molecule has 1 aliphatic heterocycles. The van der Waals surface area contributed by atoms with Crippen molar-refractivity contribution in [2.24, 2.45) is 5.73 Å². The van der Waals surface area contributed by atoms with E-state index in [0.29, 0.717) is 12.6 Å². The molecule has 2 rings (SSSR count). The molecule has 0 spiro atoms. The van der Waals surface area contributed by atoms with Crippen LogP contribution in [0.4, 0.5) is 0 Å². The maximum atomic E-state index is 10.7. The lowest BCUT2D eigenvalue weighted by Crippen LogP contribution is -2.46. The summed E-state index contributed by atoms with van der Waals surface area (Å²) in [4.78, 5) is 12.9. The molecule has 0 bridgehead atoms. The molecule has 5 heteroatoms. The van der Waals surface area contributed by atoms with Crippen LogP contribution in [0.5, 0.6) is 0 Å². The van der Waals surface area contributed by atoms with Gasteiger partial charge in [0.25, 0.3) is 0 Å². The molecule has 1 saturated heterocycles. The molecule has 94 valence electrons. The van der Waals surface area contributed by atoms with Gasteiger partial charge in [-0.05, 0) is 31.5 Å². The van der Waals surface area contributed by atoms with Gasteiger partial charge in [-0.15, -0.1) is 0 Å². The molecule has 0 saturated carbocycles. The van der Waals surface area contributed by atoms with Gasteiger partial charge in [0.1, 0.15) is 6.04 Å². The molecule has 17 heavy (non-hydrogen) atoms. The smallest absolute Gasteiger partial charge is 0.321 e. The third-order valence-corrected chi connectivity index (χ3v) is 3.30. The van der Waals surface area contributed by atoms with Crippen LogP contribution in [0.2, 0.25) is 0 Å². The number of aliphatic carboxylic acids is 1. The van der Waals surface area contributed by atoms with Gasteiger partial charge < -0.3 is 15.4 Å². The highest BCUT2D eigenvalue weighted by atomic mass is 16.4. The highest BCUT2D eigenvalue weighted by molar-refractivity contribution is 5.73. The maximum absolute atomic E-state index is 10.7. The van der Waals surface area contributed by atoms with Crippen LogP contribution in [0.25, 0.3) is 0 Å². The number of hydrogen-bond acceptors (Lipinski definition) is 3. The van der Waals surface area contributed by atoms with Gasteiger partial charge in [0.15, 0.2) is 0 Å². The molecule has 3 N–H and O–H groups in total. The Morgan fingerprint density at radius 1 is 1.47 bits per heavy atom. The zero-order valence-electron chi connectivity index (χ0n) is 9.83. The molecular weight excluding hydrogens is 218 g/mol. The monoisotopic (exact) mass is 237 g/mol. The Hall–Kier alpha value is -1.33. The number of aromatic nitrogens is 1. The summed E-state index contributed by atoms with van der Waals surface area (Å²) < 4.78 is 2.19. The average molecular weight is 237 g/mol. The summed E-state index contributed by atoms with van der Waals surface area (Å²) in [6.07, 6.45) is 6.36. The van der Waals surface area contributed by atoms with Crippen molar-refractivity contribution in [3.8, 4) is 0 Å². The van der Waals surface area contributed by atoms with Crippen molar-refractivity contribution >= 4 is 5.97 Å². The van der Waals surface area contributed by atoms with Crippen LogP contribution in [-0.4, -0.2) is 46.2 Å². The van der Waals surface area contributed by atoms with Crippen molar-refractivity contribution in [2.75, 3.05) is 19.6 Å². The Morgan fingerprint density at radius 2 is 2.18 bits per heavy atom. The van der Waals surface area contributed by atoms with Crippen LogP contribution >= 0.6 is 0 Å². The minimum absolute atomic E-state index is 0.438. The molecular formula is C12H19N3O2. The normalized spacial score (nSPS) is 23.5. The molecule has 0 aliphatic carbocycles. The van der Waals surface area contributed by atoms with Crippen molar-refractivity contribution in [1.29, 1.82) is 0 Å². The van der Waals surface area contributed by atoms with Crippen LogP contribution in [0.3, 0.4) is 0 Å². The third-order valence-electron chi connectivity index (χ3n) is 3.30. The summed E-state index contributed by atoms with van der Waals surface area (Å²) in [5, 5.41) is 8.81. The lowest BCUT2D eigenvalue weighted by Gasteiger charge is -2.34. The Balaban J connectivity index is 1.91. The number of nitrogens with two attached hydrogens (primary N) is 1. The second-order valence-corrected chi connectivity index (χ2v) is 4.63. The first-order valence-corrected chi connectivity index (χ1v) is 6.00. The Bertz CT molecular complexity index is 364. The molecule has 1 aromatic rings. The molecule has 5 nitrogen and oxygen atoms in total. The molecule has 1 aromatic heterocycles. The fraction of sp³-hybridized carbons (Fsp3) is 0.583. The second kappa shape index (κ2) is 5.33. The molecule has 1 fully saturated rings. The summed E-state index contributed by atoms with van der Waals surface area (Å²) in [6, 6.07) is 3.70. The highest BCUT2D eigenvalue weighted by Gasteiger charge is 2.23.